The standard InChI is InChI=1S/C46H67NO7/c1-25(2)37-32(48)22-46(23-36(49)47-24-28-20-26(3)53-27(28)4)19-18-44(10)29(38(37)46)12-13-34-43(9)16-15-35(42(7,8)33(43)14-17-45(34,44)11)54-40(52)31-21-30(39(50)51)41(31,5)6/h20,25,29-31,33-35H,12-19,21-24H2,1-11H3,(H,47,49)(H,50,51)/t29-,30+,31-,33+,34-,35?,43+,44-,45-,46+/m1/s1. The van der Waals surface area contributed by atoms with Crippen LogP contribution in [0.3, 0.4) is 0 Å². The van der Waals surface area contributed by atoms with Crippen molar-refractivity contribution < 1.29 is 33.4 Å². The van der Waals surface area contributed by atoms with E-state index in [0.717, 1.165) is 74.0 Å². The van der Waals surface area contributed by atoms with E-state index in [2.05, 4.69) is 53.8 Å². The first-order valence-electron chi connectivity index (χ1n) is 21.1. The molecular formula is C46H67NO7. The molecule has 1 aromatic rings. The zero-order valence-corrected chi connectivity index (χ0v) is 35.0. The number of aryl methyl sites for hydroxylation is 2. The number of esters is 1. The van der Waals surface area contributed by atoms with Gasteiger partial charge in [-0.3, -0.25) is 19.2 Å². The molecule has 8 nitrogen and oxygen atoms in total. The van der Waals surface area contributed by atoms with Crippen molar-refractivity contribution >= 4 is 23.6 Å². The van der Waals surface area contributed by atoms with Crippen molar-refractivity contribution in [3.05, 3.63) is 34.3 Å². The number of ether oxygens (including phenoxy) is 1. The first-order valence-corrected chi connectivity index (χ1v) is 21.1. The van der Waals surface area contributed by atoms with E-state index in [1.165, 1.54) is 5.57 Å². The van der Waals surface area contributed by atoms with Gasteiger partial charge < -0.3 is 19.6 Å². The summed E-state index contributed by atoms with van der Waals surface area (Å²) in [5.41, 5.74) is 2.24. The van der Waals surface area contributed by atoms with Gasteiger partial charge in [0.1, 0.15) is 17.6 Å². The van der Waals surface area contributed by atoms with E-state index in [9.17, 15) is 24.3 Å². The summed E-state index contributed by atoms with van der Waals surface area (Å²) in [6.07, 6.45) is 8.97. The average molecular weight is 746 g/mol. The second-order valence-corrected chi connectivity index (χ2v) is 21.2. The molecule has 1 aromatic heterocycles. The normalized spacial score (nSPS) is 40.6. The van der Waals surface area contributed by atoms with Crippen LogP contribution in [-0.2, 0) is 30.5 Å². The Morgan fingerprint density at radius 1 is 0.889 bits per heavy atom. The fourth-order valence-corrected chi connectivity index (χ4v) is 14.5. The van der Waals surface area contributed by atoms with Crippen LogP contribution in [0.4, 0.5) is 0 Å². The lowest BCUT2D eigenvalue weighted by Crippen LogP contribution is -2.66. The highest BCUT2D eigenvalue weighted by Gasteiger charge is 2.70. The summed E-state index contributed by atoms with van der Waals surface area (Å²) in [6.45, 7) is 24.7. The number of aliphatic carboxylic acids is 1. The largest absolute Gasteiger partial charge is 0.481 e. The minimum atomic E-state index is -0.830. The number of carboxylic acids is 1. The van der Waals surface area contributed by atoms with E-state index in [4.69, 9.17) is 9.15 Å². The second kappa shape index (κ2) is 12.8. The van der Waals surface area contributed by atoms with Gasteiger partial charge in [-0.2, -0.15) is 0 Å². The van der Waals surface area contributed by atoms with Crippen LogP contribution in [0.25, 0.3) is 0 Å². The Balaban J connectivity index is 1.13. The SMILES string of the molecule is Cc1cc(CNC(=O)C[C@@]23CC[C@]4(C)[C@H](CC[C@@H]5[C@@]6(C)CCC(OC(=O)[C@H]7C[C@@H](C(=O)O)C7(C)C)C(C)(C)[C@@H]6CC[C@]54C)C2=C(C(C)C)C(=O)C3)c(C)o1. The third kappa shape index (κ3) is 5.55. The summed E-state index contributed by atoms with van der Waals surface area (Å²) < 4.78 is 12.1. The molecule has 1 unspecified atom stereocenters. The van der Waals surface area contributed by atoms with E-state index < -0.39 is 22.7 Å². The number of hydrogen-bond donors (Lipinski definition) is 2. The molecule has 6 aliphatic rings. The predicted molar refractivity (Wildman–Crippen MR) is 207 cm³/mol. The maximum atomic E-state index is 14.0. The van der Waals surface area contributed by atoms with Crippen molar-refractivity contribution in [2.45, 2.75) is 159 Å². The first kappa shape index (κ1) is 39.3. The Morgan fingerprint density at radius 3 is 2.20 bits per heavy atom. The maximum Gasteiger partial charge on any atom is 0.309 e. The molecule has 6 aliphatic carbocycles. The summed E-state index contributed by atoms with van der Waals surface area (Å²) in [6, 6.07) is 1.99. The second-order valence-electron chi connectivity index (χ2n) is 21.2. The van der Waals surface area contributed by atoms with Crippen molar-refractivity contribution in [2.75, 3.05) is 0 Å². The van der Waals surface area contributed by atoms with E-state index in [1.807, 2.05) is 33.8 Å². The Hall–Kier alpha value is -2.90. The summed E-state index contributed by atoms with van der Waals surface area (Å²) in [7, 11) is 0. The third-order valence-corrected chi connectivity index (χ3v) is 17.7. The number of allylic oxidation sites excluding steroid dienone is 2. The van der Waals surface area contributed by atoms with Gasteiger partial charge >= 0.3 is 11.9 Å². The molecule has 1 amide bonds. The molecule has 298 valence electrons. The van der Waals surface area contributed by atoms with Gasteiger partial charge in [0, 0.05) is 35.8 Å². The molecule has 1 heterocycles. The highest BCUT2D eigenvalue weighted by Crippen LogP contribution is 2.77. The third-order valence-electron chi connectivity index (χ3n) is 17.7. The van der Waals surface area contributed by atoms with Gasteiger partial charge in [0.25, 0.3) is 0 Å². The summed E-state index contributed by atoms with van der Waals surface area (Å²) in [5, 5.41) is 12.8. The lowest BCUT2D eigenvalue weighted by molar-refractivity contribution is -0.236. The number of fused-ring (bicyclic) bond motifs is 7. The van der Waals surface area contributed by atoms with Crippen molar-refractivity contribution in [1.29, 1.82) is 0 Å². The smallest absolute Gasteiger partial charge is 0.309 e. The molecule has 0 aliphatic heterocycles. The topological polar surface area (TPSA) is 123 Å². The minimum Gasteiger partial charge on any atom is -0.481 e. The number of carbonyl (C=O) groups excluding carboxylic acids is 3. The molecule has 5 fully saturated rings. The zero-order chi connectivity index (χ0) is 39.6. The Labute approximate surface area is 323 Å². The Morgan fingerprint density at radius 2 is 1.59 bits per heavy atom. The molecule has 8 heteroatoms. The number of Topliss-reactive ketones (excluding diaryl/α,β-unsaturated/α-hetero) is 1. The van der Waals surface area contributed by atoms with Crippen LogP contribution < -0.4 is 5.32 Å². The molecule has 5 saturated carbocycles. The van der Waals surface area contributed by atoms with Gasteiger partial charge in [-0.25, -0.2) is 0 Å². The summed E-state index contributed by atoms with van der Waals surface area (Å²) in [4.78, 5) is 53.2. The van der Waals surface area contributed by atoms with Gasteiger partial charge in [0.05, 0.1) is 11.8 Å². The number of hydrogen-bond acceptors (Lipinski definition) is 6. The first-order chi connectivity index (χ1) is 25.0. The van der Waals surface area contributed by atoms with Crippen LogP contribution in [0.1, 0.15) is 150 Å². The highest BCUT2D eigenvalue weighted by molar-refractivity contribution is 6.01. The fraction of sp³-hybridized carbons (Fsp3) is 0.783. The highest BCUT2D eigenvalue weighted by atomic mass is 16.5. The van der Waals surface area contributed by atoms with E-state index in [0.29, 0.717) is 37.6 Å². The molecule has 54 heavy (non-hydrogen) atoms. The molecule has 0 bridgehead atoms. The van der Waals surface area contributed by atoms with Crippen molar-refractivity contribution in [3.8, 4) is 0 Å². The Kier molecular flexibility index (Phi) is 9.33. The number of amides is 1. The fourth-order valence-electron chi connectivity index (χ4n) is 14.5. The van der Waals surface area contributed by atoms with Gasteiger partial charge in [0.15, 0.2) is 5.78 Å². The molecule has 0 aromatic carbocycles. The minimum absolute atomic E-state index is 0.000652. The average Bonchev–Trinajstić information content (AvgIpc) is 3.54. The van der Waals surface area contributed by atoms with Gasteiger partial charge in [-0.15, -0.1) is 0 Å². The van der Waals surface area contributed by atoms with Crippen molar-refractivity contribution in [1.82, 2.24) is 5.32 Å². The number of nitrogens with one attached hydrogen (secondary N) is 1. The lowest BCUT2D eigenvalue weighted by Gasteiger charge is -2.72. The van der Waals surface area contributed by atoms with Crippen LogP contribution >= 0.6 is 0 Å². The monoisotopic (exact) mass is 745 g/mol. The number of furan rings is 1. The predicted octanol–water partition coefficient (Wildman–Crippen LogP) is 9.54. The molecule has 0 spiro atoms. The zero-order valence-electron chi connectivity index (χ0n) is 35.0. The van der Waals surface area contributed by atoms with Gasteiger partial charge in [-0.1, -0.05) is 67.9 Å². The van der Waals surface area contributed by atoms with Crippen LogP contribution in [0.15, 0.2) is 21.6 Å². The molecule has 2 N–H and O–H groups in total. The van der Waals surface area contributed by atoms with Crippen LogP contribution in [0, 0.1) is 81.8 Å². The van der Waals surface area contributed by atoms with Crippen molar-refractivity contribution in [3.63, 3.8) is 0 Å². The van der Waals surface area contributed by atoms with Gasteiger partial charge in [0.2, 0.25) is 5.91 Å². The molecule has 0 radical (unpaired) electrons. The molecule has 10 atom stereocenters. The number of ketones is 1. The van der Waals surface area contributed by atoms with E-state index in [1.54, 1.807) is 0 Å². The Bertz CT molecular complexity index is 1780. The molecule has 0 saturated heterocycles. The van der Waals surface area contributed by atoms with Gasteiger partial charge in [-0.05, 0) is 129 Å². The summed E-state index contributed by atoms with van der Waals surface area (Å²) in [5.74, 6) is 1.28. The number of carboxylic acid groups (broad SMARTS) is 1. The number of carbonyl (C=O) groups is 4. The quantitative estimate of drug-likeness (QED) is 0.254. The van der Waals surface area contributed by atoms with Crippen LogP contribution in [0.2, 0.25) is 0 Å². The van der Waals surface area contributed by atoms with Crippen molar-refractivity contribution in [2.24, 2.45) is 68.0 Å². The van der Waals surface area contributed by atoms with E-state index >= 15 is 0 Å². The molecular weight excluding hydrogens is 679 g/mol. The van der Waals surface area contributed by atoms with Crippen LogP contribution in [-0.4, -0.2) is 34.8 Å². The lowest BCUT2D eigenvalue weighted by atomic mass is 9.33. The molecule has 7 rings (SSSR count). The summed E-state index contributed by atoms with van der Waals surface area (Å²) >= 11 is 0. The van der Waals surface area contributed by atoms with E-state index in [-0.39, 0.29) is 63.2 Å². The maximum absolute atomic E-state index is 14.0. The number of rotatable bonds is 8. The van der Waals surface area contributed by atoms with Crippen LogP contribution in [0.5, 0.6) is 0 Å².